The van der Waals surface area contributed by atoms with Crippen LogP contribution in [0, 0.1) is 29.3 Å². The lowest BCUT2D eigenvalue weighted by Crippen LogP contribution is -2.25. The van der Waals surface area contributed by atoms with Crippen molar-refractivity contribution in [1.29, 1.82) is 0 Å². The first-order chi connectivity index (χ1) is 21.6. The summed E-state index contributed by atoms with van der Waals surface area (Å²) in [5.74, 6) is -8.97. The molecule has 15 heteroatoms. The fourth-order valence-corrected chi connectivity index (χ4v) is 6.26. The summed E-state index contributed by atoms with van der Waals surface area (Å²) in [6, 6.07) is 7.70. The van der Waals surface area contributed by atoms with Crippen LogP contribution >= 0.6 is 34.8 Å². The monoisotopic (exact) mass is 703 g/mol. The van der Waals surface area contributed by atoms with Crippen LogP contribution in [0.3, 0.4) is 0 Å². The van der Waals surface area contributed by atoms with Crippen LogP contribution in [0.4, 0.5) is 43.4 Å². The van der Waals surface area contributed by atoms with E-state index in [0.717, 1.165) is 24.3 Å². The Balaban J connectivity index is 1.31. The number of nitrogens with one attached hydrogen (secondary N) is 3. The molecule has 0 radical (unpaired) electrons. The lowest BCUT2D eigenvalue weighted by molar-refractivity contribution is -0.140. The Morgan fingerprint density at radius 3 is 2.24 bits per heavy atom. The van der Waals surface area contributed by atoms with Gasteiger partial charge < -0.3 is 16.0 Å². The first-order valence-corrected chi connectivity index (χ1v) is 14.8. The average molecular weight is 705 g/mol. The highest BCUT2D eigenvalue weighted by molar-refractivity contribution is 6.53. The third kappa shape index (κ3) is 6.84. The van der Waals surface area contributed by atoms with Gasteiger partial charge in [-0.05, 0) is 67.3 Å². The highest BCUT2D eigenvalue weighted by Crippen LogP contribution is 2.65. The Kier molecular flexibility index (Phi) is 9.36. The van der Waals surface area contributed by atoms with Crippen molar-refractivity contribution in [2.75, 3.05) is 16.0 Å². The SMILES string of the molecule is O=C(Nc1ccc(F)c(NC(=O)C2CC=CCC2)c1F)c1cc(NC(=O)[C@H]2[C@H](c3ccc(F)c(C(F)(F)F)c3)C2(Cl)Cl)ccc1Cl. The van der Waals surface area contributed by atoms with Crippen molar-refractivity contribution < 1.29 is 40.7 Å². The van der Waals surface area contributed by atoms with E-state index in [9.17, 15) is 36.3 Å². The van der Waals surface area contributed by atoms with Crippen LogP contribution in [0.25, 0.3) is 0 Å². The molecule has 0 aromatic heterocycles. The van der Waals surface area contributed by atoms with Gasteiger partial charge >= 0.3 is 6.18 Å². The van der Waals surface area contributed by atoms with Crippen LogP contribution in [0.5, 0.6) is 0 Å². The van der Waals surface area contributed by atoms with Crippen LogP contribution in [0.2, 0.25) is 5.02 Å². The number of anilines is 3. The Bertz CT molecular complexity index is 1770. The lowest BCUT2D eigenvalue weighted by atomic mass is 9.93. The van der Waals surface area contributed by atoms with Gasteiger partial charge in [-0.2, -0.15) is 13.2 Å². The molecule has 0 spiro atoms. The molecule has 2 aliphatic carbocycles. The van der Waals surface area contributed by atoms with Gasteiger partial charge in [0, 0.05) is 17.5 Å². The average Bonchev–Trinajstić information content (AvgIpc) is 3.59. The van der Waals surface area contributed by atoms with Crippen LogP contribution in [-0.2, 0) is 15.8 Å². The van der Waals surface area contributed by atoms with Crippen molar-refractivity contribution in [3.8, 4) is 0 Å². The Labute approximate surface area is 273 Å². The van der Waals surface area contributed by atoms with Gasteiger partial charge in [-0.3, -0.25) is 14.4 Å². The molecule has 0 saturated heterocycles. The number of hydrogen-bond donors (Lipinski definition) is 3. The van der Waals surface area contributed by atoms with Crippen LogP contribution < -0.4 is 16.0 Å². The van der Waals surface area contributed by atoms with E-state index in [1.165, 1.54) is 12.1 Å². The summed E-state index contributed by atoms with van der Waals surface area (Å²) in [6.45, 7) is 0. The highest BCUT2D eigenvalue weighted by atomic mass is 35.5. The molecule has 46 heavy (non-hydrogen) atoms. The summed E-state index contributed by atoms with van der Waals surface area (Å²) >= 11 is 18.7. The molecule has 3 aromatic rings. The molecule has 0 aliphatic heterocycles. The molecule has 1 unspecified atom stereocenters. The largest absolute Gasteiger partial charge is 0.419 e. The van der Waals surface area contributed by atoms with Gasteiger partial charge in [0.05, 0.1) is 27.8 Å². The van der Waals surface area contributed by atoms with E-state index in [-0.39, 0.29) is 21.8 Å². The zero-order chi connectivity index (χ0) is 33.6. The molecule has 1 saturated carbocycles. The van der Waals surface area contributed by atoms with Crippen LogP contribution in [0.15, 0.2) is 60.7 Å². The number of carbonyl (C=O) groups excluding carboxylic acids is 3. The summed E-state index contributed by atoms with van der Waals surface area (Å²) in [5, 5.41) is 6.86. The van der Waals surface area contributed by atoms with Crippen LogP contribution in [0.1, 0.15) is 46.7 Å². The molecule has 0 heterocycles. The van der Waals surface area contributed by atoms with Crippen molar-refractivity contribution in [2.24, 2.45) is 11.8 Å². The van der Waals surface area contributed by atoms with Gasteiger partial charge in [-0.25, -0.2) is 13.2 Å². The number of amides is 3. The molecule has 2 aliphatic rings. The topological polar surface area (TPSA) is 87.3 Å². The molecule has 3 amide bonds. The fourth-order valence-electron chi connectivity index (χ4n) is 5.23. The zero-order valence-electron chi connectivity index (χ0n) is 23.3. The van der Waals surface area contributed by atoms with Crippen molar-refractivity contribution in [3.63, 3.8) is 0 Å². The molecule has 6 nitrogen and oxygen atoms in total. The summed E-state index contributed by atoms with van der Waals surface area (Å²) in [7, 11) is 0. The number of halogens is 9. The number of allylic oxidation sites excluding steroid dienone is 2. The predicted molar refractivity (Wildman–Crippen MR) is 162 cm³/mol. The Morgan fingerprint density at radius 2 is 1.57 bits per heavy atom. The van der Waals surface area contributed by atoms with E-state index in [0.29, 0.717) is 31.4 Å². The maximum Gasteiger partial charge on any atom is 0.419 e. The molecule has 3 N–H and O–H groups in total. The molecule has 0 bridgehead atoms. The maximum atomic E-state index is 15.3. The molecule has 242 valence electrons. The number of rotatable bonds is 7. The van der Waals surface area contributed by atoms with Crippen molar-refractivity contribution in [1.82, 2.24) is 0 Å². The van der Waals surface area contributed by atoms with E-state index in [4.69, 9.17) is 34.8 Å². The lowest BCUT2D eigenvalue weighted by Gasteiger charge is -2.18. The molecular weight excluding hydrogens is 683 g/mol. The molecule has 1 fully saturated rings. The summed E-state index contributed by atoms with van der Waals surface area (Å²) in [5.41, 5.74) is -3.10. The van der Waals surface area contributed by atoms with E-state index in [2.05, 4.69) is 16.0 Å². The third-order valence-corrected chi connectivity index (χ3v) is 8.97. The van der Waals surface area contributed by atoms with Crippen molar-refractivity contribution in [3.05, 3.63) is 99.8 Å². The molecular formula is C31H22Cl3F6N3O3. The normalized spacial score (nSPS) is 20.2. The van der Waals surface area contributed by atoms with E-state index in [1.807, 2.05) is 6.08 Å². The first-order valence-electron chi connectivity index (χ1n) is 13.7. The first kappa shape index (κ1) is 33.6. The smallest absolute Gasteiger partial charge is 0.326 e. The second-order valence-corrected chi connectivity index (χ2v) is 12.6. The van der Waals surface area contributed by atoms with E-state index >= 15 is 4.39 Å². The maximum absolute atomic E-state index is 15.3. The standard InChI is InChI=1S/C31H22Cl3F6N3O3/c32-19-8-7-16(41-29(46)24-23(30(24,33)34)15-6-9-20(35)18(12-15)31(38,39)40)13-17(19)28(45)42-22-11-10-21(36)26(25(22)37)43-27(44)14-4-2-1-3-5-14/h1-2,6-14,23-24H,3-5H2,(H,41,46)(H,42,45)(H,43,44)/t14?,23-,24+/m0/s1. The van der Waals surface area contributed by atoms with Crippen molar-refractivity contribution >= 4 is 69.6 Å². The highest BCUT2D eigenvalue weighted by Gasteiger charge is 2.67. The predicted octanol–water partition coefficient (Wildman–Crippen LogP) is 8.85. The van der Waals surface area contributed by atoms with Crippen molar-refractivity contribution in [2.45, 2.75) is 35.7 Å². The van der Waals surface area contributed by atoms with E-state index in [1.54, 1.807) is 6.08 Å². The third-order valence-electron chi connectivity index (χ3n) is 7.70. The van der Waals surface area contributed by atoms with Crippen LogP contribution in [-0.4, -0.2) is 22.1 Å². The Hall–Kier alpha value is -3.74. The quantitative estimate of drug-likeness (QED) is 0.131. The number of carbonyl (C=O) groups is 3. The second kappa shape index (κ2) is 12.8. The van der Waals surface area contributed by atoms with Gasteiger partial charge in [-0.1, -0.05) is 29.8 Å². The fraction of sp³-hybridized carbons (Fsp3) is 0.258. The summed E-state index contributed by atoms with van der Waals surface area (Å²) in [4.78, 5) is 38.7. The molecule has 3 aromatic carbocycles. The number of hydrogen-bond acceptors (Lipinski definition) is 3. The minimum absolute atomic E-state index is 0.00141. The minimum atomic E-state index is -4.99. The van der Waals surface area contributed by atoms with E-state index < -0.39 is 80.4 Å². The minimum Gasteiger partial charge on any atom is -0.326 e. The number of benzene rings is 3. The second-order valence-electron chi connectivity index (χ2n) is 10.8. The van der Waals surface area contributed by atoms with Gasteiger partial charge in [0.25, 0.3) is 5.91 Å². The van der Waals surface area contributed by atoms with Gasteiger partial charge in [0.15, 0.2) is 5.82 Å². The van der Waals surface area contributed by atoms with Gasteiger partial charge in [0.1, 0.15) is 21.7 Å². The summed E-state index contributed by atoms with van der Waals surface area (Å²) in [6.07, 6.45) is 0.295. The summed E-state index contributed by atoms with van der Waals surface area (Å²) < 4.78 is 81.3. The zero-order valence-corrected chi connectivity index (χ0v) is 25.5. The molecule has 5 rings (SSSR count). The van der Waals surface area contributed by atoms with Gasteiger partial charge in [-0.15, -0.1) is 23.2 Å². The number of alkyl halides is 5. The molecule has 3 atom stereocenters. The van der Waals surface area contributed by atoms with Gasteiger partial charge in [0.2, 0.25) is 11.8 Å². The Morgan fingerprint density at radius 1 is 0.848 bits per heavy atom.